The van der Waals surface area contributed by atoms with Crippen LogP contribution in [0.2, 0.25) is 0 Å². The van der Waals surface area contributed by atoms with Crippen LogP contribution < -0.4 is 0 Å². The van der Waals surface area contributed by atoms with E-state index in [0.29, 0.717) is 0 Å². The summed E-state index contributed by atoms with van der Waals surface area (Å²) >= 11 is 14.7. The van der Waals surface area contributed by atoms with Gasteiger partial charge in [0.2, 0.25) is 0 Å². The number of halogens is 3. The van der Waals surface area contributed by atoms with Gasteiger partial charge in [-0.3, -0.25) is 0 Å². The Hall–Kier alpha value is 0.890. The maximum atomic E-state index is 9.69. The van der Waals surface area contributed by atoms with Gasteiger partial charge in [-0.1, -0.05) is 31.2 Å². The van der Waals surface area contributed by atoms with E-state index < -0.39 is 12.2 Å². The van der Waals surface area contributed by atoms with Crippen LogP contribution in [0.3, 0.4) is 0 Å². The molecule has 74 valence electrons. The van der Waals surface area contributed by atoms with Crippen molar-refractivity contribution in [3.63, 3.8) is 0 Å². The molecule has 12 heavy (non-hydrogen) atoms. The zero-order valence-corrected chi connectivity index (χ0v) is 9.92. The van der Waals surface area contributed by atoms with Crippen molar-refractivity contribution in [2.75, 3.05) is 0 Å². The molecule has 0 aromatic rings. The van der Waals surface area contributed by atoms with Gasteiger partial charge in [-0.05, 0) is 34.8 Å². The lowest BCUT2D eigenvalue weighted by Crippen LogP contribution is -2.01. The first kappa shape index (κ1) is 15.4. The zero-order chi connectivity index (χ0) is 10.2. The second-order valence-corrected chi connectivity index (χ2v) is 4.61. The average Bonchev–Trinajstić information content (AvgIpc) is 1.83. The summed E-state index contributed by atoms with van der Waals surface area (Å²) in [5.41, 5.74) is 0. The predicted octanol–water partition coefficient (Wildman–Crippen LogP) is 3.79. The minimum atomic E-state index is -2.83. The average molecular weight is 256 g/mol. The molecule has 0 aliphatic carbocycles. The van der Waals surface area contributed by atoms with E-state index in [9.17, 15) is 4.57 Å². The van der Waals surface area contributed by atoms with Gasteiger partial charge < -0.3 is 0 Å². The Labute approximate surface area is 87.9 Å². The molecule has 1 N–H and O–H groups in total. The number of alkyl halides is 3. The number of hydrogen-bond acceptors (Lipinski definition) is 2. The third-order valence-electron chi connectivity index (χ3n) is 0.682. The van der Waals surface area contributed by atoms with Gasteiger partial charge in [0.15, 0.2) is 0 Å². The second kappa shape index (κ2) is 8.49. The topological polar surface area (TPSA) is 46.5 Å². The molecule has 0 saturated heterocycles. The number of hydrogen-bond donors (Lipinski definition) is 1. The van der Waals surface area contributed by atoms with Gasteiger partial charge in [-0.15, -0.1) is 4.89 Å². The highest BCUT2D eigenvalue weighted by molar-refractivity contribution is 7.32. The van der Waals surface area contributed by atoms with Crippen LogP contribution in [-0.2, 0) is 9.09 Å². The van der Waals surface area contributed by atoms with Crippen LogP contribution in [-0.4, -0.2) is 8.87 Å². The van der Waals surface area contributed by atoms with Crippen LogP contribution in [0.5, 0.6) is 0 Å². The van der Waals surface area contributed by atoms with Gasteiger partial charge >= 0.3 is 12.2 Å². The van der Waals surface area contributed by atoms with E-state index in [1.807, 2.05) is 0 Å². The van der Waals surface area contributed by atoms with Gasteiger partial charge in [0.1, 0.15) is 0 Å². The van der Waals surface area contributed by atoms with Crippen LogP contribution in [0.15, 0.2) is 0 Å². The summed E-state index contributed by atoms with van der Waals surface area (Å²) in [5.74, 6) is 0. The summed E-state index contributed by atoms with van der Waals surface area (Å²) in [6, 6.07) is 0. The summed E-state index contributed by atoms with van der Waals surface area (Å²) in [5, 5.41) is 0. The van der Waals surface area contributed by atoms with Gasteiger partial charge in [-0.2, -0.15) is 0 Å². The summed E-state index contributed by atoms with van der Waals surface area (Å²) in [4.78, 5) is 7.92. The van der Waals surface area contributed by atoms with E-state index in [-0.39, 0.29) is 0 Å². The molecule has 0 fully saturated rings. The first-order valence-corrected chi connectivity index (χ1v) is 5.51. The summed E-state index contributed by atoms with van der Waals surface area (Å²) in [7, 11) is -2.83. The van der Waals surface area contributed by atoms with E-state index in [0.717, 1.165) is 0 Å². The zero-order valence-electron chi connectivity index (χ0n) is 6.76. The SMILES string of the molecule is CCCC.O=[P+](O)OC(Cl)(Cl)Cl. The van der Waals surface area contributed by atoms with Gasteiger partial charge in [0, 0.05) is 4.57 Å². The first-order chi connectivity index (χ1) is 5.33. The van der Waals surface area contributed by atoms with E-state index >= 15 is 0 Å². The van der Waals surface area contributed by atoms with E-state index in [1.165, 1.54) is 12.8 Å². The second-order valence-electron chi connectivity index (χ2n) is 1.77. The largest absolute Gasteiger partial charge is 0.699 e. The number of rotatable bonds is 2. The van der Waals surface area contributed by atoms with Crippen molar-refractivity contribution in [2.24, 2.45) is 0 Å². The lowest BCUT2D eigenvalue weighted by Gasteiger charge is -1.96. The summed E-state index contributed by atoms with van der Waals surface area (Å²) < 4.78 is 11.4. The van der Waals surface area contributed by atoms with Gasteiger partial charge in [-0.25, -0.2) is 0 Å². The Bertz CT molecular complexity index is 124. The lowest BCUT2D eigenvalue weighted by atomic mass is 10.4. The Balaban J connectivity index is 0. The van der Waals surface area contributed by atoms with Crippen molar-refractivity contribution in [1.82, 2.24) is 0 Å². The Morgan fingerprint density at radius 3 is 1.67 bits per heavy atom. The fourth-order valence-corrected chi connectivity index (χ4v) is 0.797. The molecule has 0 rings (SSSR count). The Morgan fingerprint density at radius 2 is 1.67 bits per heavy atom. The fraction of sp³-hybridized carbons (Fsp3) is 1.00. The molecule has 0 amide bonds. The Kier molecular flexibility index (Phi) is 10.9. The Morgan fingerprint density at radius 1 is 1.33 bits per heavy atom. The lowest BCUT2D eigenvalue weighted by molar-refractivity contribution is 0.283. The van der Waals surface area contributed by atoms with Crippen molar-refractivity contribution in [3.8, 4) is 0 Å². The van der Waals surface area contributed by atoms with Crippen molar-refractivity contribution in [1.29, 1.82) is 0 Å². The minimum Gasteiger partial charge on any atom is -0.133 e. The first-order valence-electron chi connectivity index (χ1n) is 3.25. The van der Waals surface area contributed by atoms with Crippen LogP contribution in [0.1, 0.15) is 26.7 Å². The molecule has 0 radical (unpaired) electrons. The summed E-state index contributed by atoms with van der Waals surface area (Å²) in [6.07, 6.45) is 2.64. The molecular weight excluding hydrogens is 245 g/mol. The van der Waals surface area contributed by atoms with E-state index in [4.69, 9.17) is 39.7 Å². The van der Waals surface area contributed by atoms with Crippen LogP contribution >= 0.6 is 43.1 Å². The quantitative estimate of drug-likeness (QED) is 0.604. The third-order valence-corrected chi connectivity index (χ3v) is 1.67. The molecule has 0 bridgehead atoms. The molecule has 0 saturated carbocycles. The molecule has 0 aliphatic heterocycles. The van der Waals surface area contributed by atoms with Crippen molar-refractivity contribution in [3.05, 3.63) is 0 Å². The maximum absolute atomic E-state index is 9.69. The highest BCUT2D eigenvalue weighted by atomic mass is 35.6. The normalized spacial score (nSPS) is 11.7. The molecule has 1 unspecified atom stereocenters. The molecular formula is C5H11Cl3O3P+. The molecule has 0 aliphatic rings. The monoisotopic (exact) mass is 255 g/mol. The van der Waals surface area contributed by atoms with Crippen LogP contribution in [0, 0.1) is 0 Å². The molecule has 0 spiro atoms. The van der Waals surface area contributed by atoms with Crippen molar-refractivity contribution in [2.45, 2.75) is 30.7 Å². The molecule has 3 nitrogen and oxygen atoms in total. The molecule has 0 aromatic carbocycles. The third kappa shape index (κ3) is 22.4. The van der Waals surface area contributed by atoms with Crippen LogP contribution in [0.25, 0.3) is 0 Å². The molecule has 0 aromatic heterocycles. The fourth-order valence-electron chi connectivity index (χ4n) is 0.0885. The van der Waals surface area contributed by atoms with E-state index in [1.54, 1.807) is 0 Å². The molecule has 0 heterocycles. The smallest absolute Gasteiger partial charge is 0.133 e. The highest BCUT2D eigenvalue weighted by Gasteiger charge is 2.33. The standard InChI is InChI=1S/C4H10.CCl3O3P/c1-3-4-2;2-1(3,4)7-8(5)6/h3-4H2,1-2H3;/p+1. The van der Waals surface area contributed by atoms with E-state index in [2.05, 4.69) is 18.4 Å². The number of unbranched alkanes of at least 4 members (excludes halogenated alkanes) is 1. The van der Waals surface area contributed by atoms with Gasteiger partial charge in [0.25, 0.3) is 0 Å². The molecule has 1 atom stereocenters. The molecule has 7 heteroatoms. The predicted molar refractivity (Wildman–Crippen MR) is 51.8 cm³/mol. The summed E-state index contributed by atoms with van der Waals surface area (Å²) in [6.45, 7) is 4.36. The van der Waals surface area contributed by atoms with Crippen molar-refractivity contribution < 1.29 is 14.0 Å². The van der Waals surface area contributed by atoms with Crippen molar-refractivity contribution >= 4 is 43.1 Å². The maximum Gasteiger partial charge on any atom is 0.699 e. The highest BCUT2D eigenvalue weighted by Crippen LogP contribution is 2.36. The minimum absolute atomic E-state index is 1.32. The van der Waals surface area contributed by atoms with Crippen LogP contribution in [0.4, 0.5) is 0 Å². The van der Waals surface area contributed by atoms with Gasteiger partial charge in [0.05, 0.1) is 0 Å².